The minimum Gasteiger partial charge on any atom is -0.381 e. The standard InChI is InChI=1S/C15H25N3O/c1-11(2)13-9-12(3)17-14(18-13)16-10-15(4)5-7-19-8-6-15/h9,11H,5-8,10H2,1-4H3,(H,16,17,18). The van der Waals surface area contributed by atoms with E-state index in [0.29, 0.717) is 11.3 Å². The van der Waals surface area contributed by atoms with Gasteiger partial charge in [0.15, 0.2) is 0 Å². The van der Waals surface area contributed by atoms with Crippen LogP contribution in [0.5, 0.6) is 0 Å². The summed E-state index contributed by atoms with van der Waals surface area (Å²) in [5, 5.41) is 3.41. The maximum atomic E-state index is 5.43. The Morgan fingerprint density at radius 3 is 2.63 bits per heavy atom. The van der Waals surface area contributed by atoms with Crippen LogP contribution in [0.15, 0.2) is 6.07 Å². The molecule has 106 valence electrons. The van der Waals surface area contributed by atoms with Gasteiger partial charge in [-0.1, -0.05) is 20.8 Å². The zero-order chi connectivity index (χ0) is 13.9. The van der Waals surface area contributed by atoms with Gasteiger partial charge in [-0.05, 0) is 37.2 Å². The van der Waals surface area contributed by atoms with Crippen molar-refractivity contribution in [3.63, 3.8) is 0 Å². The van der Waals surface area contributed by atoms with E-state index < -0.39 is 0 Å². The van der Waals surface area contributed by atoms with E-state index in [1.54, 1.807) is 0 Å². The molecule has 0 aliphatic carbocycles. The number of hydrogen-bond donors (Lipinski definition) is 1. The van der Waals surface area contributed by atoms with E-state index >= 15 is 0 Å². The van der Waals surface area contributed by atoms with Crippen LogP contribution in [0.1, 0.15) is 50.9 Å². The number of nitrogens with one attached hydrogen (secondary N) is 1. The molecule has 1 fully saturated rings. The molecule has 4 heteroatoms. The molecule has 2 rings (SSSR count). The Labute approximate surface area is 116 Å². The number of nitrogens with zero attached hydrogens (tertiary/aromatic N) is 2. The second kappa shape index (κ2) is 5.87. The fraction of sp³-hybridized carbons (Fsp3) is 0.733. The van der Waals surface area contributed by atoms with Crippen LogP contribution in [0, 0.1) is 12.3 Å². The van der Waals surface area contributed by atoms with Gasteiger partial charge in [0.2, 0.25) is 5.95 Å². The third-order valence-electron chi connectivity index (χ3n) is 3.84. The second-order valence-corrected chi connectivity index (χ2v) is 6.19. The second-order valence-electron chi connectivity index (χ2n) is 6.19. The van der Waals surface area contributed by atoms with Gasteiger partial charge in [-0.25, -0.2) is 9.97 Å². The molecule has 0 amide bonds. The van der Waals surface area contributed by atoms with Crippen molar-refractivity contribution in [3.8, 4) is 0 Å². The third-order valence-corrected chi connectivity index (χ3v) is 3.84. The summed E-state index contributed by atoms with van der Waals surface area (Å²) < 4.78 is 5.43. The van der Waals surface area contributed by atoms with Crippen molar-refractivity contribution in [2.24, 2.45) is 5.41 Å². The molecule has 0 aromatic carbocycles. The fourth-order valence-corrected chi connectivity index (χ4v) is 2.30. The van der Waals surface area contributed by atoms with Crippen LogP contribution in [0.3, 0.4) is 0 Å². The van der Waals surface area contributed by atoms with Crippen molar-refractivity contribution in [1.82, 2.24) is 9.97 Å². The topological polar surface area (TPSA) is 47.0 Å². The maximum absolute atomic E-state index is 5.43. The molecule has 0 bridgehead atoms. The van der Waals surface area contributed by atoms with E-state index in [1.165, 1.54) is 0 Å². The normalized spacial score (nSPS) is 18.6. The van der Waals surface area contributed by atoms with Gasteiger partial charge >= 0.3 is 0 Å². The van der Waals surface area contributed by atoms with Crippen molar-refractivity contribution in [3.05, 3.63) is 17.5 Å². The smallest absolute Gasteiger partial charge is 0.223 e. The minimum absolute atomic E-state index is 0.295. The molecule has 0 unspecified atom stereocenters. The highest BCUT2D eigenvalue weighted by molar-refractivity contribution is 5.29. The van der Waals surface area contributed by atoms with Gasteiger partial charge in [0, 0.05) is 31.1 Å². The highest BCUT2D eigenvalue weighted by Crippen LogP contribution is 2.29. The lowest BCUT2D eigenvalue weighted by Gasteiger charge is -2.33. The van der Waals surface area contributed by atoms with Gasteiger partial charge < -0.3 is 10.1 Å². The largest absolute Gasteiger partial charge is 0.381 e. The number of aromatic nitrogens is 2. The summed E-state index contributed by atoms with van der Waals surface area (Å²) in [4.78, 5) is 9.07. The van der Waals surface area contributed by atoms with Crippen LogP contribution < -0.4 is 5.32 Å². The Hall–Kier alpha value is -1.16. The lowest BCUT2D eigenvalue weighted by Crippen LogP contribution is -2.33. The molecule has 19 heavy (non-hydrogen) atoms. The van der Waals surface area contributed by atoms with Gasteiger partial charge in [-0.3, -0.25) is 0 Å². The summed E-state index contributed by atoms with van der Waals surface area (Å²) in [6.07, 6.45) is 2.20. The van der Waals surface area contributed by atoms with Crippen molar-refractivity contribution >= 4 is 5.95 Å². The predicted molar refractivity (Wildman–Crippen MR) is 77.5 cm³/mol. The molecular weight excluding hydrogens is 238 g/mol. The van der Waals surface area contributed by atoms with Crippen LogP contribution in [-0.2, 0) is 4.74 Å². The van der Waals surface area contributed by atoms with E-state index in [1.807, 2.05) is 6.92 Å². The van der Waals surface area contributed by atoms with Gasteiger partial charge in [-0.2, -0.15) is 0 Å². The van der Waals surface area contributed by atoms with E-state index in [0.717, 1.165) is 49.9 Å². The molecule has 1 aromatic heterocycles. The molecule has 1 saturated heterocycles. The highest BCUT2D eigenvalue weighted by atomic mass is 16.5. The Bertz CT molecular complexity index is 425. The number of hydrogen-bond acceptors (Lipinski definition) is 4. The summed E-state index contributed by atoms with van der Waals surface area (Å²) >= 11 is 0. The SMILES string of the molecule is Cc1cc(C(C)C)nc(NCC2(C)CCOCC2)n1. The van der Waals surface area contributed by atoms with Gasteiger partial charge in [0.05, 0.1) is 0 Å². The van der Waals surface area contributed by atoms with E-state index in [4.69, 9.17) is 4.74 Å². The lowest BCUT2D eigenvalue weighted by atomic mass is 9.82. The molecule has 1 aliphatic heterocycles. The maximum Gasteiger partial charge on any atom is 0.223 e. The van der Waals surface area contributed by atoms with Crippen molar-refractivity contribution in [2.45, 2.75) is 46.5 Å². The van der Waals surface area contributed by atoms with Crippen LogP contribution in [-0.4, -0.2) is 29.7 Å². The molecular formula is C15H25N3O. The molecule has 1 N–H and O–H groups in total. The van der Waals surface area contributed by atoms with Crippen LogP contribution in [0.25, 0.3) is 0 Å². The first-order valence-electron chi connectivity index (χ1n) is 7.16. The van der Waals surface area contributed by atoms with E-state index in [9.17, 15) is 0 Å². The number of aryl methyl sites for hydroxylation is 1. The zero-order valence-electron chi connectivity index (χ0n) is 12.5. The fourth-order valence-electron chi connectivity index (χ4n) is 2.30. The Morgan fingerprint density at radius 2 is 2.00 bits per heavy atom. The van der Waals surface area contributed by atoms with Gasteiger partial charge in [0.1, 0.15) is 0 Å². The van der Waals surface area contributed by atoms with Crippen LogP contribution in [0.4, 0.5) is 5.95 Å². The van der Waals surface area contributed by atoms with Crippen LogP contribution >= 0.6 is 0 Å². The summed E-state index contributed by atoms with van der Waals surface area (Å²) in [6, 6.07) is 2.06. The number of rotatable bonds is 4. The molecule has 0 atom stereocenters. The van der Waals surface area contributed by atoms with Crippen molar-refractivity contribution < 1.29 is 4.74 Å². The summed E-state index contributed by atoms with van der Waals surface area (Å²) in [5.41, 5.74) is 2.43. The molecule has 2 heterocycles. The average Bonchev–Trinajstić information content (AvgIpc) is 2.37. The minimum atomic E-state index is 0.295. The molecule has 1 aromatic rings. The van der Waals surface area contributed by atoms with Gasteiger partial charge in [-0.15, -0.1) is 0 Å². The molecule has 0 spiro atoms. The lowest BCUT2D eigenvalue weighted by molar-refractivity contribution is 0.0299. The monoisotopic (exact) mass is 263 g/mol. The molecule has 4 nitrogen and oxygen atoms in total. The summed E-state index contributed by atoms with van der Waals surface area (Å²) in [6.45, 7) is 11.3. The van der Waals surface area contributed by atoms with Gasteiger partial charge in [0.25, 0.3) is 0 Å². The number of ether oxygens (including phenoxy) is 1. The summed E-state index contributed by atoms with van der Waals surface area (Å²) in [7, 11) is 0. The first-order valence-corrected chi connectivity index (χ1v) is 7.16. The highest BCUT2D eigenvalue weighted by Gasteiger charge is 2.27. The Balaban J connectivity index is 2.02. The van der Waals surface area contributed by atoms with Crippen LogP contribution in [0.2, 0.25) is 0 Å². The molecule has 1 aliphatic rings. The number of anilines is 1. The van der Waals surface area contributed by atoms with Crippen molar-refractivity contribution in [1.29, 1.82) is 0 Å². The average molecular weight is 263 g/mol. The summed E-state index contributed by atoms with van der Waals surface area (Å²) in [5.74, 6) is 1.19. The Kier molecular flexibility index (Phi) is 4.40. The van der Waals surface area contributed by atoms with E-state index in [2.05, 4.69) is 42.1 Å². The van der Waals surface area contributed by atoms with E-state index in [-0.39, 0.29) is 0 Å². The molecule has 0 saturated carbocycles. The zero-order valence-corrected chi connectivity index (χ0v) is 12.5. The quantitative estimate of drug-likeness (QED) is 0.906. The van der Waals surface area contributed by atoms with Crippen molar-refractivity contribution in [2.75, 3.05) is 25.1 Å². The first-order chi connectivity index (χ1) is 8.98. The molecule has 0 radical (unpaired) electrons. The Morgan fingerprint density at radius 1 is 1.32 bits per heavy atom. The first kappa shape index (κ1) is 14.3. The third kappa shape index (κ3) is 3.90. The predicted octanol–water partition coefficient (Wildman–Crippen LogP) is 3.14.